The molecule has 0 atom stereocenters. The fourth-order valence-electron chi connectivity index (χ4n) is 0.657. The monoisotopic (exact) mass is 201 g/mol. The van der Waals surface area contributed by atoms with E-state index in [-0.39, 0.29) is 5.78 Å². The van der Waals surface area contributed by atoms with E-state index in [1.807, 2.05) is 13.8 Å². The Balaban J connectivity index is 3.96. The molecule has 0 rings (SSSR count). The van der Waals surface area contributed by atoms with E-state index in [0.717, 1.165) is 5.71 Å². The van der Waals surface area contributed by atoms with Gasteiger partial charge in [-0.3, -0.25) is 4.79 Å². The molecule has 0 spiro atoms. The van der Waals surface area contributed by atoms with Gasteiger partial charge >= 0.3 is 0 Å². The van der Waals surface area contributed by atoms with Gasteiger partial charge in [-0.25, -0.2) is 0 Å². The van der Waals surface area contributed by atoms with E-state index in [9.17, 15) is 4.79 Å². The first-order valence-corrected chi connectivity index (χ1v) is 7.99. The van der Waals surface area contributed by atoms with Crippen LogP contribution in [0, 0.1) is 0 Å². The lowest BCUT2D eigenvalue weighted by Crippen LogP contribution is -2.23. The number of hydrogen-bond acceptors (Lipinski definition) is 3. The lowest BCUT2D eigenvalue weighted by molar-refractivity contribution is -0.117. The quantitative estimate of drug-likeness (QED) is 0.389. The van der Waals surface area contributed by atoms with Gasteiger partial charge in [0.2, 0.25) is 0 Å². The van der Waals surface area contributed by atoms with Gasteiger partial charge in [0.15, 0.2) is 0 Å². The summed E-state index contributed by atoms with van der Waals surface area (Å²) in [4.78, 5) is 11.0. The zero-order valence-electron chi connectivity index (χ0n) is 9.18. The van der Waals surface area contributed by atoms with Gasteiger partial charge in [-0.05, 0) is 26.6 Å². The van der Waals surface area contributed by atoms with E-state index in [0.29, 0.717) is 12.8 Å². The van der Waals surface area contributed by atoms with Crippen molar-refractivity contribution in [2.24, 2.45) is 5.16 Å². The highest BCUT2D eigenvalue weighted by atomic mass is 28.4. The molecule has 0 N–H and O–H groups in total. The van der Waals surface area contributed by atoms with Crippen LogP contribution in [0.15, 0.2) is 5.16 Å². The topological polar surface area (TPSA) is 38.7 Å². The van der Waals surface area contributed by atoms with Crippen molar-refractivity contribution in [1.82, 2.24) is 0 Å². The highest BCUT2D eigenvalue weighted by Gasteiger charge is 2.16. The van der Waals surface area contributed by atoms with Crippen molar-refractivity contribution in [1.29, 1.82) is 0 Å². The van der Waals surface area contributed by atoms with Crippen LogP contribution in [0.5, 0.6) is 0 Å². The highest BCUT2D eigenvalue weighted by molar-refractivity contribution is 6.69. The summed E-state index contributed by atoms with van der Waals surface area (Å²) < 4.78 is 5.31. The summed E-state index contributed by atoms with van der Waals surface area (Å²) in [6, 6.07) is 0. The summed E-state index contributed by atoms with van der Waals surface area (Å²) in [5, 5.41) is 3.94. The Morgan fingerprint density at radius 1 is 1.38 bits per heavy atom. The van der Waals surface area contributed by atoms with E-state index in [4.69, 9.17) is 4.53 Å². The van der Waals surface area contributed by atoms with Gasteiger partial charge in [0.25, 0.3) is 8.32 Å². The highest BCUT2D eigenvalue weighted by Crippen LogP contribution is 2.04. The Morgan fingerprint density at radius 2 is 1.92 bits per heavy atom. The molecule has 76 valence electrons. The molecular weight excluding hydrogens is 182 g/mol. The van der Waals surface area contributed by atoms with Gasteiger partial charge in [0.1, 0.15) is 5.78 Å². The minimum absolute atomic E-state index is 0.209. The van der Waals surface area contributed by atoms with E-state index in [1.54, 1.807) is 0 Å². The van der Waals surface area contributed by atoms with E-state index >= 15 is 0 Å². The van der Waals surface area contributed by atoms with Gasteiger partial charge < -0.3 is 4.53 Å². The maximum Gasteiger partial charge on any atom is 0.278 e. The normalized spacial score (nSPS) is 12.8. The van der Waals surface area contributed by atoms with Crippen LogP contribution in [0.2, 0.25) is 19.6 Å². The van der Waals surface area contributed by atoms with Gasteiger partial charge in [-0.15, -0.1) is 5.16 Å². The molecule has 0 aliphatic heterocycles. The van der Waals surface area contributed by atoms with Crippen LogP contribution in [0.3, 0.4) is 0 Å². The predicted octanol–water partition coefficient (Wildman–Crippen LogP) is 2.58. The third-order valence-electron chi connectivity index (χ3n) is 1.32. The Hall–Kier alpha value is -0.643. The van der Waals surface area contributed by atoms with Gasteiger partial charge in [0.05, 0.1) is 5.71 Å². The fraction of sp³-hybridized carbons (Fsp3) is 0.778. The molecule has 0 aliphatic rings. The molecule has 0 amide bonds. The number of Topliss-reactive ketones (excluding diaryl/α,β-unsaturated/α-hetero) is 1. The molecule has 13 heavy (non-hydrogen) atoms. The number of oxime groups is 1. The molecule has 0 heterocycles. The molecule has 0 fully saturated rings. The average molecular weight is 201 g/mol. The van der Waals surface area contributed by atoms with Crippen LogP contribution in [-0.4, -0.2) is 19.8 Å². The van der Waals surface area contributed by atoms with E-state index in [2.05, 4.69) is 24.8 Å². The van der Waals surface area contributed by atoms with Crippen LogP contribution < -0.4 is 0 Å². The zero-order chi connectivity index (χ0) is 10.5. The van der Waals surface area contributed by atoms with Gasteiger partial charge in [-0.1, -0.05) is 6.92 Å². The smallest absolute Gasteiger partial charge is 0.278 e. The molecule has 0 aromatic rings. The molecule has 0 aromatic heterocycles. The summed E-state index contributed by atoms with van der Waals surface area (Å²) in [6.07, 6.45) is 0.987. The molecule has 0 radical (unpaired) electrons. The first-order chi connectivity index (χ1) is 5.85. The van der Waals surface area contributed by atoms with Gasteiger partial charge in [-0.2, -0.15) is 0 Å². The number of carbonyl (C=O) groups is 1. The Labute approximate surface area is 81.3 Å². The summed E-state index contributed by atoms with van der Waals surface area (Å²) in [7, 11) is -1.58. The second-order valence-electron chi connectivity index (χ2n) is 4.10. The van der Waals surface area contributed by atoms with Crippen molar-refractivity contribution in [2.45, 2.75) is 46.3 Å². The Morgan fingerprint density at radius 3 is 2.31 bits per heavy atom. The van der Waals surface area contributed by atoms with Crippen LogP contribution >= 0.6 is 0 Å². The van der Waals surface area contributed by atoms with Crippen molar-refractivity contribution >= 4 is 19.8 Å². The first kappa shape index (κ1) is 12.4. The van der Waals surface area contributed by atoms with Crippen LogP contribution in [-0.2, 0) is 9.32 Å². The largest absolute Gasteiger partial charge is 0.456 e. The minimum atomic E-state index is -1.58. The molecule has 0 saturated heterocycles. The third kappa shape index (κ3) is 7.71. The SMILES string of the molecule is CCC(=O)CC(C)=NO[Si](C)(C)C. The number of ketones is 1. The second kappa shape index (κ2) is 5.17. The maximum atomic E-state index is 11.0. The number of hydrogen-bond donors (Lipinski definition) is 0. The van der Waals surface area contributed by atoms with Crippen LogP contribution in [0.4, 0.5) is 0 Å². The molecule has 0 unspecified atom stereocenters. The van der Waals surface area contributed by atoms with Crippen LogP contribution in [0.1, 0.15) is 26.7 Å². The van der Waals surface area contributed by atoms with Crippen molar-refractivity contribution in [3.05, 3.63) is 0 Å². The van der Waals surface area contributed by atoms with Crippen LogP contribution in [0.25, 0.3) is 0 Å². The molecule has 0 saturated carbocycles. The minimum Gasteiger partial charge on any atom is -0.456 e. The lowest BCUT2D eigenvalue weighted by atomic mass is 10.2. The molecule has 4 heteroatoms. The molecule has 0 aromatic carbocycles. The summed E-state index contributed by atoms with van der Waals surface area (Å²) in [5.41, 5.74) is 0.772. The second-order valence-corrected chi connectivity index (χ2v) is 8.51. The standard InChI is InChI=1S/C9H19NO2Si/c1-6-9(11)7-8(2)10-12-13(3,4)5/h6-7H2,1-5H3. The van der Waals surface area contributed by atoms with Gasteiger partial charge in [0, 0.05) is 12.8 Å². The summed E-state index contributed by atoms with van der Waals surface area (Å²) in [5.74, 6) is 0.209. The Bertz CT molecular complexity index is 206. The van der Waals surface area contributed by atoms with Crippen molar-refractivity contribution < 1.29 is 9.32 Å². The number of nitrogens with zero attached hydrogens (tertiary/aromatic N) is 1. The molecule has 0 aliphatic carbocycles. The zero-order valence-corrected chi connectivity index (χ0v) is 10.2. The maximum absolute atomic E-state index is 11.0. The van der Waals surface area contributed by atoms with Crippen molar-refractivity contribution in [2.75, 3.05) is 0 Å². The Kier molecular flexibility index (Phi) is 4.91. The summed E-state index contributed by atoms with van der Waals surface area (Å²) >= 11 is 0. The van der Waals surface area contributed by atoms with Crippen molar-refractivity contribution in [3.63, 3.8) is 0 Å². The molecule has 0 bridgehead atoms. The fourth-order valence-corrected chi connectivity index (χ4v) is 1.09. The molecular formula is C9H19NO2Si. The molecule has 3 nitrogen and oxygen atoms in total. The van der Waals surface area contributed by atoms with Crippen molar-refractivity contribution in [3.8, 4) is 0 Å². The lowest BCUT2D eigenvalue weighted by Gasteiger charge is -2.13. The van der Waals surface area contributed by atoms with E-state index < -0.39 is 8.32 Å². The predicted molar refractivity (Wildman–Crippen MR) is 57.5 cm³/mol. The van der Waals surface area contributed by atoms with E-state index in [1.165, 1.54) is 0 Å². The first-order valence-electron chi connectivity index (χ1n) is 4.58. The average Bonchev–Trinajstić information content (AvgIpc) is 1.99. The number of carbonyl (C=O) groups excluding carboxylic acids is 1. The third-order valence-corrected chi connectivity index (χ3v) is 1.96. The summed E-state index contributed by atoms with van der Waals surface area (Å²) in [6.45, 7) is 9.87. The number of rotatable bonds is 5.